The van der Waals surface area contributed by atoms with Gasteiger partial charge in [-0.15, -0.1) is 0 Å². The van der Waals surface area contributed by atoms with E-state index in [1.807, 2.05) is 18.2 Å². The van der Waals surface area contributed by atoms with Gasteiger partial charge in [0.2, 0.25) is 0 Å². The van der Waals surface area contributed by atoms with Crippen molar-refractivity contribution in [3.63, 3.8) is 0 Å². The number of amides is 1. The number of rotatable bonds is 6. The molecule has 0 saturated carbocycles. The van der Waals surface area contributed by atoms with Crippen molar-refractivity contribution in [1.29, 1.82) is 0 Å². The van der Waals surface area contributed by atoms with Crippen LogP contribution in [0.5, 0.6) is 0 Å². The molecule has 0 bridgehead atoms. The monoisotopic (exact) mass is 377 g/mol. The van der Waals surface area contributed by atoms with Crippen molar-refractivity contribution in [2.45, 2.75) is 39.2 Å². The van der Waals surface area contributed by atoms with Gasteiger partial charge < -0.3 is 10.1 Å². The molecular weight excluding hydrogens is 357 g/mol. The van der Waals surface area contributed by atoms with Gasteiger partial charge in [-0.05, 0) is 43.0 Å². The van der Waals surface area contributed by atoms with E-state index in [1.54, 1.807) is 6.07 Å². The van der Waals surface area contributed by atoms with Crippen molar-refractivity contribution < 1.29 is 18.7 Å². The lowest BCUT2D eigenvalue weighted by atomic mass is 9.97. The molecule has 0 radical (unpaired) electrons. The van der Waals surface area contributed by atoms with Crippen LogP contribution in [0.2, 0.25) is 5.02 Å². The topological polar surface area (TPSA) is 55.4 Å². The first-order valence-electron chi connectivity index (χ1n) is 8.39. The molecule has 1 amide bonds. The number of carbonyl (C=O) groups excluding carboxylic acids is 2. The maximum atomic E-state index is 13.8. The number of anilines is 1. The molecule has 0 saturated heterocycles. The van der Waals surface area contributed by atoms with Crippen LogP contribution in [0.25, 0.3) is 0 Å². The van der Waals surface area contributed by atoms with Crippen LogP contribution in [-0.4, -0.2) is 18.0 Å². The van der Waals surface area contributed by atoms with Crippen molar-refractivity contribution in [2.75, 3.05) is 5.32 Å². The second-order valence-electron chi connectivity index (χ2n) is 6.03. The van der Waals surface area contributed by atoms with E-state index in [4.69, 9.17) is 16.3 Å². The summed E-state index contributed by atoms with van der Waals surface area (Å²) in [5.74, 6) is -2.01. The van der Waals surface area contributed by atoms with Crippen molar-refractivity contribution in [1.82, 2.24) is 0 Å². The largest absolute Gasteiger partial charge is 0.449 e. The highest BCUT2D eigenvalue weighted by atomic mass is 35.5. The van der Waals surface area contributed by atoms with Crippen LogP contribution >= 0.6 is 11.6 Å². The number of nitrogens with one attached hydrogen (secondary N) is 1. The van der Waals surface area contributed by atoms with E-state index in [9.17, 15) is 14.0 Å². The van der Waals surface area contributed by atoms with Gasteiger partial charge in [0.15, 0.2) is 6.10 Å². The average molecular weight is 378 g/mol. The summed E-state index contributed by atoms with van der Waals surface area (Å²) in [5, 5.41) is 2.70. The summed E-state index contributed by atoms with van der Waals surface area (Å²) in [6, 6.07) is 11.3. The molecule has 0 aromatic heterocycles. The normalized spacial score (nSPS) is 13.0. The molecule has 0 heterocycles. The van der Waals surface area contributed by atoms with Crippen LogP contribution in [0.4, 0.5) is 10.1 Å². The van der Waals surface area contributed by atoms with E-state index in [0.717, 1.165) is 18.1 Å². The highest BCUT2D eigenvalue weighted by molar-refractivity contribution is 6.33. The van der Waals surface area contributed by atoms with Crippen LogP contribution in [0, 0.1) is 5.82 Å². The van der Waals surface area contributed by atoms with E-state index in [0.29, 0.717) is 5.69 Å². The molecule has 0 aliphatic rings. The number of benzene rings is 2. The quantitative estimate of drug-likeness (QED) is 0.706. The van der Waals surface area contributed by atoms with Gasteiger partial charge in [0, 0.05) is 5.69 Å². The molecule has 0 spiro atoms. The number of halogens is 2. The average Bonchev–Trinajstić information content (AvgIpc) is 2.61. The number of hydrogen-bond donors (Lipinski definition) is 1. The lowest BCUT2D eigenvalue weighted by molar-refractivity contribution is -0.123. The summed E-state index contributed by atoms with van der Waals surface area (Å²) in [4.78, 5) is 24.5. The fourth-order valence-electron chi connectivity index (χ4n) is 2.46. The van der Waals surface area contributed by atoms with E-state index < -0.39 is 23.8 Å². The van der Waals surface area contributed by atoms with Crippen LogP contribution in [0.3, 0.4) is 0 Å². The van der Waals surface area contributed by atoms with Gasteiger partial charge in [0.25, 0.3) is 5.91 Å². The first-order valence-corrected chi connectivity index (χ1v) is 8.77. The Labute approximate surface area is 157 Å². The molecular formula is C20H21ClFNO3. The molecule has 2 rings (SSSR count). The second kappa shape index (κ2) is 8.81. The summed E-state index contributed by atoms with van der Waals surface area (Å²) in [5.41, 5.74) is 1.28. The third-order valence-corrected chi connectivity index (χ3v) is 4.50. The first-order chi connectivity index (χ1) is 12.3. The van der Waals surface area contributed by atoms with Crippen molar-refractivity contribution >= 4 is 29.2 Å². The molecule has 0 aliphatic carbocycles. The zero-order valence-electron chi connectivity index (χ0n) is 14.9. The number of carbonyl (C=O) groups is 2. The van der Waals surface area contributed by atoms with Crippen LogP contribution in [0.15, 0.2) is 42.5 Å². The minimum absolute atomic E-state index is 0.0651. The van der Waals surface area contributed by atoms with Gasteiger partial charge in [0.05, 0.1) is 5.02 Å². The Morgan fingerprint density at radius 1 is 1.15 bits per heavy atom. The van der Waals surface area contributed by atoms with Crippen molar-refractivity contribution in [2.24, 2.45) is 0 Å². The summed E-state index contributed by atoms with van der Waals surface area (Å²) in [6.45, 7) is 5.55. The van der Waals surface area contributed by atoms with E-state index in [2.05, 4.69) is 19.2 Å². The predicted molar refractivity (Wildman–Crippen MR) is 100 cm³/mol. The molecule has 1 N–H and O–H groups in total. The minimum Gasteiger partial charge on any atom is -0.449 e. The van der Waals surface area contributed by atoms with Crippen molar-refractivity contribution in [3.05, 3.63) is 64.4 Å². The third kappa shape index (κ3) is 4.61. The summed E-state index contributed by atoms with van der Waals surface area (Å²) in [7, 11) is 0. The summed E-state index contributed by atoms with van der Waals surface area (Å²) < 4.78 is 18.9. The van der Waals surface area contributed by atoms with Gasteiger partial charge in [-0.25, -0.2) is 9.18 Å². The highest BCUT2D eigenvalue weighted by Crippen LogP contribution is 2.27. The van der Waals surface area contributed by atoms with E-state index >= 15 is 0 Å². The molecule has 2 unspecified atom stereocenters. The SMILES string of the molecule is CCC(C)c1ccccc1NC(=O)C(C)OC(=O)c1c(F)cccc1Cl. The Hall–Kier alpha value is -2.40. The second-order valence-corrected chi connectivity index (χ2v) is 6.44. The minimum atomic E-state index is -1.11. The van der Waals surface area contributed by atoms with Gasteiger partial charge in [0.1, 0.15) is 11.4 Å². The van der Waals surface area contributed by atoms with E-state index in [1.165, 1.54) is 19.1 Å². The zero-order valence-corrected chi connectivity index (χ0v) is 15.6. The van der Waals surface area contributed by atoms with E-state index in [-0.39, 0.29) is 16.5 Å². The molecule has 4 nitrogen and oxygen atoms in total. The first kappa shape index (κ1) is 19.9. The number of ether oxygens (including phenoxy) is 1. The Morgan fingerprint density at radius 2 is 1.85 bits per heavy atom. The van der Waals surface area contributed by atoms with Gasteiger partial charge in [-0.1, -0.05) is 49.7 Å². The molecule has 0 aliphatic heterocycles. The van der Waals surface area contributed by atoms with Crippen LogP contribution < -0.4 is 5.32 Å². The summed E-state index contributed by atoms with van der Waals surface area (Å²) in [6.07, 6.45) is -0.188. The Kier molecular flexibility index (Phi) is 6.75. The summed E-state index contributed by atoms with van der Waals surface area (Å²) >= 11 is 5.85. The molecule has 138 valence electrons. The van der Waals surface area contributed by atoms with Gasteiger partial charge in [-0.3, -0.25) is 4.79 Å². The van der Waals surface area contributed by atoms with Gasteiger partial charge in [-0.2, -0.15) is 0 Å². The molecule has 26 heavy (non-hydrogen) atoms. The lowest BCUT2D eigenvalue weighted by Crippen LogP contribution is -2.30. The lowest BCUT2D eigenvalue weighted by Gasteiger charge is -2.18. The number of hydrogen-bond acceptors (Lipinski definition) is 3. The molecule has 0 fully saturated rings. The molecule has 2 aromatic carbocycles. The van der Waals surface area contributed by atoms with Crippen LogP contribution in [0.1, 0.15) is 49.0 Å². The smallest absolute Gasteiger partial charge is 0.343 e. The number of esters is 1. The molecule has 2 atom stereocenters. The molecule has 2 aromatic rings. The third-order valence-electron chi connectivity index (χ3n) is 4.18. The zero-order chi connectivity index (χ0) is 19.3. The van der Waals surface area contributed by atoms with Gasteiger partial charge >= 0.3 is 5.97 Å². The Balaban J connectivity index is 2.10. The maximum absolute atomic E-state index is 13.8. The van der Waals surface area contributed by atoms with Crippen LogP contribution in [-0.2, 0) is 9.53 Å². The Morgan fingerprint density at radius 3 is 2.50 bits per heavy atom. The fraction of sp³-hybridized carbons (Fsp3) is 0.300. The highest BCUT2D eigenvalue weighted by Gasteiger charge is 2.24. The fourth-order valence-corrected chi connectivity index (χ4v) is 2.70. The van der Waals surface area contributed by atoms with Crippen molar-refractivity contribution in [3.8, 4) is 0 Å². The Bertz CT molecular complexity index is 789. The standard InChI is InChI=1S/C20H21ClFNO3/c1-4-12(2)14-8-5-6-11-17(14)23-19(24)13(3)26-20(25)18-15(21)9-7-10-16(18)22/h5-13H,4H2,1-3H3,(H,23,24). The maximum Gasteiger partial charge on any atom is 0.343 e. The molecule has 6 heteroatoms. The number of para-hydroxylation sites is 1. The predicted octanol–water partition coefficient (Wildman–Crippen LogP) is 5.18.